The predicted octanol–water partition coefficient (Wildman–Crippen LogP) is 3.75. The number of anilines is 1. The fraction of sp³-hybridized carbons (Fsp3) is 0.261. The van der Waals surface area contributed by atoms with Crippen LogP contribution in [0.25, 0.3) is 11.4 Å². The first kappa shape index (κ1) is 18.3. The standard InChI is InChI=1S/C23H24N4O/c1-16(28)26-21-9-5-6-17(12-21)14-24-20-10-11-22-19(13-20)15-25-23(27-22)18-7-3-2-4-8-18/h2-9,12,15,20,24H,10-11,13-14H2,1H3,(H,26,28). The molecule has 0 fully saturated rings. The third kappa shape index (κ3) is 4.43. The van der Waals surface area contributed by atoms with E-state index < -0.39 is 0 Å². The molecular weight excluding hydrogens is 348 g/mol. The van der Waals surface area contributed by atoms with Crippen LogP contribution in [0.2, 0.25) is 0 Å². The van der Waals surface area contributed by atoms with E-state index in [2.05, 4.69) is 21.7 Å². The number of aryl methyl sites for hydroxylation is 1. The Balaban J connectivity index is 1.39. The van der Waals surface area contributed by atoms with Crippen molar-refractivity contribution in [3.05, 3.63) is 77.6 Å². The second-order valence-corrected chi connectivity index (χ2v) is 7.23. The number of hydrogen-bond donors (Lipinski definition) is 2. The van der Waals surface area contributed by atoms with Gasteiger partial charge in [-0.2, -0.15) is 0 Å². The van der Waals surface area contributed by atoms with Crippen LogP contribution in [0, 0.1) is 0 Å². The van der Waals surface area contributed by atoms with Crippen LogP contribution in [-0.2, 0) is 24.2 Å². The van der Waals surface area contributed by atoms with Gasteiger partial charge in [-0.05, 0) is 42.5 Å². The number of hydrogen-bond acceptors (Lipinski definition) is 4. The summed E-state index contributed by atoms with van der Waals surface area (Å²) in [6.07, 6.45) is 4.94. The Hall–Kier alpha value is -3.05. The molecule has 1 aliphatic rings. The lowest BCUT2D eigenvalue weighted by atomic mass is 9.92. The second kappa shape index (κ2) is 8.31. The molecule has 4 rings (SSSR count). The summed E-state index contributed by atoms with van der Waals surface area (Å²) < 4.78 is 0. The molecule has 1 amide bonds. The number of rotatable bonds is 5. The molecule has 1 unspecified atom stereocenters. The van der Waals surface area contributed by atoms with Crippen molar-refractivity contribution in [2.45, 2.75) is 38.8 Å². The summed E-state index contributed by atoms with van der Waals surface area (Å²) in [4.78, 5) is 20.6. The SMILES string of the molecule is CC(=O)Nc1cccc(CNC2CCc3nc(-c4ccccc4)ncc3C2)c1. The van der Waals surface area contributed by atoms with Crippen molar-refractivity contribution < 1.29 is 4.79 Å². The molecule has 1 aliphatic carbocycles. The van der Waals surface area contributed by atoms with Crippen LogP contribution in [0.3, 0.4) is 0 Å². The highest BCUT2D eigenvalue weighted by Gasteiger charge is 2.20. The molecule has 0 radical (unpaired) electrons. The van der Waals surface area contributed by atoms with Gasteiger partial charge in [-0.1, -0.05) is 42.5 Å². The van der Waals surface area contributed by atoms with Gasteiger partial charge in [0.05, 0.1) is 0 Å². The van der Waals surface area contributed by atoms with Gasteiger partial charge in [0.1, 0.15) is 0 Å². The van der Waals surface area contributed by atoms with E-state index in [-0.39, 0.29) is 5.91 Å². The van der Waals surface area contributed by atoms with Crippen molar-refractivity contribution in [2.75, 3.05) is 5.32 Å². The number of nitrogens with zero attached hydrogens (tertiary/aromatic N) is 2. The first-order chi connectivity index (χ1) is 13.7. The van der Waals surface area contributed by atoms with Crippen LogP contribution in [0.4, 0.5) is 5.69 Å². The van der Waals surface area contributed by atoms with Gasteiger partial charge in [-0.15, -0.1) is 0 Å². The molecule has 0 saturated carbocycles. The quantitative estimate of drug-likeness (QED) is 0.716. The van der Waals surface area contributed by atoms with E-state index in [1.54, 1.807) is 0 Å². The molecule has 3 aromatic rings. The summed E-state index contributed by atoms with van der Waals surface area (Å²) in [5.74, 6) is 0.754. The minimum absolute atomic E-state index is 0.0520. The average Bonchev–Trinajstić information content (AvgIpc) is 2.72. The Morgan fingerprint density at radius 1 is 1.14 bits per heavy atom. The molecule has 2 N–H and O–H groups in total. The lowest BCUT2D eigenvalue weighted by Crippen LogP contribution is -2.34. The molecule has 0 saturated heterocycles. The van der Waals surface area contributed by atoms with Crippen LogP contribution in [0.15, 0.2) is 60.8 Å². The number of nitrogens with one attached hydrogen (secondary N) is 2. The van der Waals surface area contributed by atoms with E-state index in [0.717, 1.165) is 48.4 Å². The number of carbonyl (C=O) groups excluding carboxylic acids is 1. The van der Waals surface area contributed by atoms with Gasteiger partial charge in [-0.3, -0.25) is 4.79 Å². The molecule has 1 aromatic heterocycles. The molecule has 5 nitrogen and oxygen atoms in total. The van der Waals surface area contributed by atoms with Crippen LogP contribution in [-0.4, -0.2) is 21.9 Å². The van der Waals surface area contributed by atoms with E-state index in [1.165, 1.54) is 18.2 Å². The smallest absolute Gasteiger partial charge is 0.221 e. The fourth-order valence-electron chi connectivity index (χ4n) is 3.63. The zero-order valence-electron chi connectivity index (χ0n) is 16.0. The fourth-order valence-corrected chi connectivity index (χ4v) is 3.63. The Bertz CT molecular complexity index is 971. The third-order valence-electron chi connectivity index (χ3n) is 5.02. The van der Waals surface area contributed by atoms with Gasteiger partial charge in [0.15, 0.2) is 5.82 Å². The highest BCUT2D eigenvalue weighted by atomic mass is 16.1. The Morgan fingerprint density at radius 3 is 2.82 bits per heavy atom. The number of fused-ring (bicyclic) bond motifs is 1. The van der Waals surface area contributed by atoms with Crippen LogP contribution >= 0.6 is 0 Å². The van der Waals surface area contributed by atoms with Crippen LogP contribution in [0.5, 0.6) is 0 Å². The van der Waals surface area contributed by atoms with Crippen LogP contribution < -0.4 is 10.6 Å². The zero-order valence-corrected chi connectivity index (χ0v) is 16.0. The Morgan fingerprint density at radius 2 is 2.00 bits per heavy atom. The van der Waals surface area contributed by atoms with Gasteiger partial charge >= 0.3 is 0 Å². The molecule has 5 heteroatoms. The van der Waals surface area contributed by atoms with Crippen molar-refractivity contribution in [1.29, 1.82) is 0 Å². The summed E-state index contributed by atoms with van der Waals surface area (Å²) >= 11 is 0. The molecule has 0 aliphatic heterocycles. The predicted molar refractivity (Wildman–Crippen MR) is 111 cm³/mol. The van der Waals surface area contributed by atoms with Crippen molar-refractivity contribution in [3.63, 3.8) is 0 Å². The number of benzene rings is 2. The van der Waals surface area contributed by atoms with Gasteiger partial charge in [-0.25, -0.2) is 9.97 Å². The van der Waals surface area contributed by atoms with Gasteiger partial charge in [0.25, 0.3) is 0 Å². The summed E-state index contributed by atoms with van der Waals surface area (Å²) in [6.45, 7) is 2.30. The largest absolute Gasteiger partial charge is 0.326 e. The zero-order chi connectivity index (χ0) is 19.3. The average molecular weight is 372 g/mol. The Kier molecular flexibility index (Phi) is 5.44. The molecule has 28 heavy (non-hydrogen) atoms. The highest BCUT2D eigenvalue weighted by Crippen LogP contribution is 2.23. The topological polar surface area (TPSA) is 66.9 Å². The number of carbonyl (C=O) groups is 1. The van der Waals surface area contributed by atoms with Crippen molar-refractivity contribution in [1.82, 2.24) is 15.3 Å². The minimum atomic E-state index is -0.0520. The van der Waals surface area contributed by atoms with E-state index in [4.69, 9.17) is 4.98 Å². The maximum Gasteiger partial charge on any atom is 0.221 e. The molecule has 142 valence electrons. The molecule has 1 heterocycles. The third-order valence-corrected chi connectivity index (χ3v) is 5.02. The van der Waals surface area contributed by atoms with Crippen LogP contribution in [0.1, 0.15) is 30.2 Å². The highest BCUT2D eigenvalue weighted by molar-refractivity contribution is 5.88. The van der Waals surface area contributed by atoms with Gasteiger partial charge < -0.3 is 10.6 Å². The first-order valence-corrected chi connectivity index (χ1v) is 9.67. The normalized spacial score (nSPS) is 15.7. The van der Waals surface area contributed by atoms with E-state index in [1.807, 2.05) is 54.7 Å². The van der Waals surface area contributed by atoms with E-state index in [0.29, 0.717) is 6.04 Å². The lowest BCUT2D eigenvalue weighted by molar-refractivity contribution is -0.114. The van der Waals surface area contributed by atoms with E-state index in [9.17, 15) is 4.79 Å². The van der Waals surface area contributed by atoms with Gasteiger partial charge in [0, 0.05) is 42.7 Å². The summed E-state index contributed by atoms with van der Waals surface area (Å²) in [7, 11) is 0. The summed E-state index contributed by atoms with van der Waals surface area (Å²) in [5.41, 5.74) is 5.45. The second-order valence-electron chi connectivity index (χ2n) is 7.23. The van der Waals surface area contributed by atoms with Crippen molar-refractivity contribution >= 4 is 11.6 Å². The summed E-state index contributed by atoms with van der Waals surface area (Å²) in [5, 5.41) is 6.47. The van der Waals surface area contributed by atoms with Crippen molar-refractivity contribution in [3.8, 4) is 11.4 Å². The van der Waals surface area contributed by atoms with Crippen molar-refractivity contribution in [2.24, 2.45) is 0 Å². The molecule has 0 bridgehead atoms. The van der Waals surface area contributed by atoms with E-state index >= 15 is 0 Å². The number of aromatic nitrogens is 2. The first-order valence-electron chi connectivity index (χ1n) is 9.67. The Labute approximate surface area is 165 Å². The molecule has 0 spiro atoms. The van der Waals surface area contributed by atoms with Gasteiger partial charge in [0.2, 0.25) is 5.91 Å². The molecule has 2 aromatic carbocycles. The number of amides is 1. The lowest BCUT2D eigenvalue weighted by Gasteiger charge is -2.25. The maximum absolute atomic E-state index is 11.2. The monoisotopic (exact) mass is 372 g/mol. The molecular formula is C23H24N4O. The maximum atomic E-state index is 11.2. The summed E-state index contributed by atoms with van der Waals surface area (Å²) in [6, 6.07) is 18.5. The minimum Gasteiger partial charge on any atom is -0.326 e. The molecule has 1 atom stereocenters.